The maximum absolute atomic E-state index is 14.1. The summed E-state index contributed by atoms with van der Waals surface area (Å²) in [4.78, 5) is 13.1. The van der Waals surface area contributed by atoms with E-state index in [1.807, 2.05) is 24.3 Å². The number of rotatable bonds is 3. The van der Waals surface area contributed by atoms with Crippen molar-refractivity contribution in [2.45, 2.75) is 25.0 Å². The van der Waals surface area contributed by atoms with Gasteiger partial charge in [0, 0.05) is 51.8 Å². The molecular formula is C18H24FN5O. The number of aryl methyl sites for hydroxylation is 1. The molecule has 2 aliphatic heterocycles. The lowest BCUT2D eigenvalue weighted by Crippen LogP contribution is -2.60. The molecule has 4 heterocycles. The van der Waals surface area contributed by atoms with Gasteiger partial charge in [-0.3, -0.25) is 4.90 Å². The second-order valence-electron chi connectivity index (χ2n) is 7.03. The maximum Gasteiger partial charge on any atom is 0.165 e. The molecule has 134 valence electrons. The molecule has 0 radical (unpaired) electrons. The van der Waals surface area contributed by atoms with E-state index in [1.165, 1.54) is 6.07 Å². The highest BCUT2D eigenvalue weighted by molar-refractivity contribution is 5.41. The van der Waals surface area contributed by atoms with Crippen LogP contribution in [0.25, 0.3) is 0 Å². The Balaban J connectivity index is 1.49. The molecular weight excluding hydrogens is 321 g/mol. The minimum Gasteiger partial charge on any atom is -0.370 e. The van der Waals surface area contributed by atoms with Crippen molar-refractivity contribution >= 4 is 5.82 Å². The molecule has 7 heteroatoms. The van der Waals surface area contributed by atoms with Crippen LogP contribution in [0.15, 0.2) is 30.7 Å². The van der Waals surface area contributed by atoms with Gasteiger partial charge in [-0.15, -0.1) is 0 Å². The van der Waals surface area contributed by atoms with E-state index in [2.05, 4.69) is 19.4 Å². The van der Waals surface area contributed by atoms with Crippen LogP contribution in [0.2, 0.25) is 0 Å². The van der Waals surface area contributed by atoms with E-state index in [0.717, 1.165) is 44.8 Å². The highest BCUT2D eigenvalue weighted by atomic mass is 19.1. The van der Waals surface area contributed by atoms with E-state index in [-0.39, 0.29) is 11.4 Å². The third-order valence-corrected chi connectivity index (χ3v) is 5.19. The average molecular weight is 345 g/mol. The molecule has 25 heavy (non-hydrogen) atoms. The Bertz CT molecular complexity index is 732. The van der Waals surface area contributed by atoms with Gasteiger partial charge < -0.3 is 14.2 Å². The Kier molecular flexibility index (Phi) is 4.43. The molecule has 0 saturated carbocycles. The minimum atomic E-state index is -0.264. The summed E-state index contributed by atoms with van der Waals surface area (Å²) >= 11 is 0. The predicted octanol–water partition coefficient (Wildman–Crippen LogP) is 1.83. The molecule has 1 unspecified atom stereocenters. The number of halogens is 1. The molecule has 2 aromatic rings. The van der Waals surface area contributed by atoms with Crippen LogP contribution in [-0.2, 0) is 18.3 Å². The third-order valence-electron chi connectivity index (χ3n) is 5.19. The quantitative estimate of drug-likeness (QED) is 0.849. The molecule has 0 amide bonds. The number of pyridine rings is 1. The number of hydrogen-bond donors (Lipinski definition) is 0. The second-order valence-corrected chi connectivity index (χ2v) is 7.03. The largest absolute Gasteiger partial charge is 0.370 e. The van der Waals surface area contributed by atoms with Crippen LogP contribution >= 0.6 is 0 Å². The van der Waals surface area contributed by atoms with E-state index >= 15 is 0 Å². The molecule has 1 spiro atoms. The third kappa shape index (κ3) is 3.39. The normalized spacial score (nSPS) is 24.8. The van der Waals surface area contributed by atoms with Gasteiger partial charge in [-0.05, 0) is 25.0 Å². The number of nitrogens with zero attached hydrogens (tertiary/aromatic N) is 5. The average Bonchev–Trinajstić information content (AvgIpc) is 3.00. The van der Waals surface area contributed by atoms with Gasteiger partial charge in [0.2, 0.25) is 0 Å². The van der Waals surface area contributed by atoms with Gasteiger partial charge in [-0.25, -0.2) is 14.4 Å². The summed E-state index contributed by atoms with van der Waals surface area (Å²) in [5.41, 5.74) is -0.258. The van der Waals surface area contributed by atoms with E-state index in [4.69, 9.17) is 4.74 Å². The first-order chi connectivity index (χ1) is 12.2. The zero-order chi connectivity index (χ0) is 17.3. The molecule has 0 aromatic carbocycles. The number of anilines is 1. The monoisotopic (exact) mass is 345 g/mol. The number of hydrogen-bond acceptors (Lipinski definition) is 5. The molecule has 0 N–H and O–H groups in total. The van der Waals surface area contributed by atoms with Crippen molar-refractivity contribution in [2.24, 2.45) is 7.05 Å². The molecule has 4 rings (SSSR count). The summed E-state index contributed by atoms with van der Waals surface area (Å²) in [6, 6.07) is 3.10. The Hall–Kier alpha value is -1.99. The van der Waals surface area contributed by atoms with Gasteiger partial charge >= 0.3 is 0 Å². The first kappa shape index (κ1) is 16.5. The number of ether oxygens (including phenoxy) is 1. The van der Waals surface area contributed by atoms with Gasteiger partial charge in [0.25, 0.3) is 0 Å². The summed E-state index contributed by atoms with van der Waals surface area (Å²) in [5.74, 6) is 1.23. The SMILES string of the molecule is Cn1ccnc1CN1CCOC2(CCCN(c3ncccc3F)C2)C1. The Labute approximate surface area is 147 Å². The van der Waals surface area contributed by atoms with Crippen LogP contribution < -0.4 is 4.90 Å². The van der Waals surface area contributed by atoms with Crippen LogP contribution in [-0.4, -0.2) is 57.8 Å². The first-order valence-electron chi connectivity index (χ1n) is 8.83. The van der Waals surface area contributed by atoms with Crippen molar-refractivity contribution in [3.8, 4) is 0 Å². The topological polar surface area (TPSA) is 46.4 Å². The molecule has 1 atom stereocenters. The molecule has 6 nitrogen and oxygen atoms in total. The Morgan fingerprint density at radius 1 is 1.24 bits per heavy atom. The van der Waals surface area contributed by atoms with Crippen LogP contribution in [0.5, 0.6) is 0 Å². The Morgan fingerprint density at radius 3 is 2.96 bits per heavy atom. The van der Waals surface area contributed by atoms with E-state index < -0.39 is 0 Å². The van der Waals surface area contributed by atoms with Crippen LogP contribution in [0.4, 0.5) is 10.2 Å². The highest BCUT2D eigenvalue weighted by Gasteiger charge is 2.41. The van der Waals surface area contributed by atoms with Gasteiger partial charge in [0.15, 0.2) is 11.6 Å². The van der Waals surface area contributed by atoms with Crippen molar-refractivity contribution < 1.29 is 9.13 Å². The lowest BCUT2D eigenvalue weighted by Gasteiger charge is -2.48. The fourth-order valence-corrected chi connectivity index (χ4v) is 3.94. The van der Waals surface area contributed by atoms with Crippen molar-refractivity contribution in [1.82, 2.24) is 19.4 Å². The Morgan fingerprint density at radius 2 is 2.16 bits per heavy atom. The molecule has 0 bridgehead atoms. The molecule has 2 saturated heterocycles. The summed E-state index contributed by atoms with van der Waals surface area (Å²) in [5, 5.41) is 0. The number of morpholine rings is 1. The molecule has 0 aliphatic carbocycles. The standard InChI is InChI=1S/C18H24FN5O/c1-22-9-7-20-16(22)12-23-10-11-25-18(13-23)5-3-8-24(14-18)17-15(19)4-2-6-21-17/h2,4,6-7,9H,3,5,8,10-14H2,1H3. The summed E-state index contributed by atoms with van der Waals surface area (Å²) < 4.78 is 22.4. The van der Waals surface area contributed by atoms with Crippen LogP contribution in [0.3, 0.4) is 0 Å². The molecule has 2 fully saturated rings. The van der Waals surface area contributed by atoms with Crippen molar-refractivity contribution in [1.29, 1.82) is 0 Å². The number of aromatic nitrogens is 3. The van der Waals surface area contributed by atoms with Crippen molar-refractivity contribution in [2.75, 3.05) is 37.7 Å². The zero-order valence-corrected chi connectivity index (χ0v) is 14.6. The van der Waals surface area contributed by atoms with Gasteiger partial charge in [0.05, 0.1) is 18.8 Å². The summed E-state index contributed by atoms with van der Waals surface area (Å²) in [6.07, 6.45) is 7.42. The minimum absolute atomic E-state index is 0.258. The summed E-state index contributed by atoms with van der Waals surface area (Å²) in [7, 11) is 2.02. The van der Waals surface area contributed by atoms with E-state index in [0.29, 0.717) is 19.0 Å². The second kappa shape index (κ2) is 6.72. The number of imidazole rings is 1. The van der Waals surface area contributed by atoms with Gasteiger partial charge in [-0.1, -0.05) is 0 Å². The van der Waals surface area contributed by atoms with Gasteiger partial charge in [0.1, 0.15) is 5.82 Å². The lowest BCUT2D eigenvalue weighted by molar-refractivity contribution is -0.117. The first-order valence-corrected chi connectivity index (χ1v) is 8.83. The van der Waals surface area contributed by atoms with E-state index in [9.17, 15) is 4.39 Å². The van der Waals surface area contributed by atoms with E-state index in [1.54, 1.807) is 12.3 Å². The fraction of sp³-hybridized carbons (Fsp3) is 0.556. The van der Waals surface area contributed by atoms with Crippen LogP contribution in [0.1, 0.15) is 18.7 Å². The van der Waals surface area contributed by atoms with Crippen molar-refractivity contribution in [3.05, 3.63) is 42.4 Å². The number of piperidine rings is 1. The lowest BCUT2D eigenvalue weighted by atomic mass is 9.90. The van der Waals surface area contributed by atoms with Gasteiger partial charge in [-0.2, -0.15) is 0 Å². The maximum atomic E-state index is 14.1. The molecule has 2 aliphatic rings. The predicted molar refractivity (Wildman–Crippen MR) is 92.8 cm³/mol. The van der Waals surface area contributed by atoms with Crippen LogP contribution in [0, 0.1) is 5.82 Å². The zero-order valence-electron chi connectivity index (χ0n) is 14.6. The summed E-state index contributed by atoms with van der Waals surface area (Å²) in [6.45, 7) is 4.74. The van der Waals surface area contributed by atoms with Crippen molar-refractivity contribution in [3.63, 3.8) is 0 Å². The highest BCUT2D eigenvalue weighted by Crippen LogP contribution is 2.32. The molecule has 2 aromatic heterocycles. The fourth-order valence-electron chi connectivity index (χ4n) is 3.94. The smallest absolute Gasteiger partial charge is 0.165 e.